The van der Waals surface area contributed by atoms with Gasteiger partial charge in [0.2, 0.25) is 0 Å². The van der Waals surface area contributed by atoms with Gasteiger partial charge in [-0.3, -0.25) is 0 Å². The number of nitrogens with zero attached hydrogens (tertiary/aromatic N) is 1. The van der Waals surface area contributed by atoms with Crippen molar-refractivity contribution in [2.45, 2.75) is 0 Å². The van der Waals surface area contributed by atoms with E-state index >= 15 is 0 Å². The average Bonchev–Trinajstić information content (AvgIpc) is 2.38. The molecular weight excluding hydrogens is 329 g/mol. The van der Waals surface area contributed by atoms with E-state index in [2.05, 4.69) is 15.9 Å². The van der Waals surface area contributed by atoms with Crippen LogP contribution in [0.3, 0.4) is 0 Å². The number of hydrogen-bond donors (Lipinski definition) is 1. The number of carboxylic acids is 1. The van der Waals surface area contributed by atoms with Gasteiger partial charge in [0.15, 0.2) is 0 Å². The highest BCUT2D eigenvalue weighted by Gasteiger charge is 2.12. The number of nitriles is 1. The average molecular weight is 336 g/mol. The molecule has 100 valence electrons. The van der Waals surface area contributed by atoms with Crippen LogP contribution >= 0.6 is 15.9 Å². The number of benzene rings is 2. The molecule has 0 atom stereocenters. The Labute approximate surface area is 122 Å². The molecule has 4 nitrogen and oxygen atoms in total. The van der Waals surface area contributed by atoms with Crippen LogP contribution in [0.25, 0.3) is 0 Å². The molecule has 1 N–H and O–H groups in total. The fourth-order valence-electron chi connectivity index (χ4n) is 1.53. The quantitative estimate of drug-likeness (QED) is 0.921. The lowest BCUT2D eigenvalue weighted by Gasteiger charge is -2.08. The SMILES string of the molecule is N#Cc1ccc(Br)cc1Oc1ccc(C(=O)O)c(F)c1. The molecule has 0 aliphatic rings. The second-order valence-corrected chi connectivity index (χ2v) is 4.72. The van der Waals surface area contributed by atoms with Crippen LogP contribution in [0.5, 0.6) is 11.5 Å². The summed E-state index contributed by atoms with van der Waals surface area (Å²) in [6.07, 6.45) is 0. The first-order valence-electron chi connectivity index (χ1n) is 5.41. The van der Waals surface area contributed by atoms with E-state index in [1.807, 2.05) is 6.07 Å². The van der Waals surface area contributed by atoms with Gasteiger partial charge in [0.25, 0.3) is 0 Å². The maximum atomic E-state index is 13.5. The van der Waals surface area contributed by atoms with E-state index in [4.69, 9.17) is 15.1 Å². The van der Waals surface area contributed by atoms with Gasteiger partial charge in [-0.15, -0.1) is 0 Å². The number of ether oxygens (including phenoxy) is 1. The van der Waals surface area contributed by atoms with Crippen molar-refractivity contribution < 1.29 is 19.0 Å². The molecule has 0 fully saturated rings. The Bertz CT molecular complexity index is 725. The molecule has 2 aromatic carbocycles. The van der Waals surface area contributed by atoms with Crippen molar-refractivity contribution in [2.75, 3.05) is 0 Å². The van der Waals surface area contributed by atoms with E-state index in [0.717, 1.165) is 12.1 Å². The summed E-state index contributed by atoms with van der Waals surface area (Å²) in [5, 5.41) is 17.7. The zero-order valence-electron chi connectivity index (χ0n) is 9.93. The van der Waals surface area contributed by atoms with Gasteiger partial charge in [0, 0.05) is 10.5 Å². The Balaban J connectivity index is 2.36. The number of rotatable bonds is 3. The van der Waals surface area contributed by atoms with Crippen molar-refractivity contribution in [3.05, 3.63) is 57.8 Å². The van der Waals surface area contributed by atoms with Crippen molar-refractivity contribution in [2.24, 2.45) is 0 Å². The molecule has 0 aliphatic heterocycles. The number of halogens is 2. The maximum absolute atomic E-state index is 13.5. The zero-order chi connectivity index (χ0) is 14.7. The number of aromatic carboxylic acids is 1. The van der Waals surface area contributed by atoms with E-state index in [1.54, 1.807) is 18.2 Å². The van der Waals surface area contributed by atoms with Crippen LogP contribution in [0.1, 0.15) is 15.9 Å². The van der Waals surface area contributed by atoms with E-state index < -0.39 is 17.3 Å². The highest BCUT2D eigenvalue weighted by molar-refractivity contribution is 9.10. The minimum absolute atomic E-state index is 0.113. The summed E-state index contributed by atoms with van der Waals surface area (Å²) in [5.41, 5.74) is -0.150. The topological polar surface area (TPSA) is 70.3 Å². The predicted molar refractivity (Wildman–Crippen MR) is 72.3 cm³/mol. The third-order valence-electron chi connectivity index (χ3n) is 2.46. The summed E-state index contributed by atoms with van der Waals surface area (Å²) in [6, 6.07) is 10.2. The summed E-state index contributed by atoms with van der Waals surface area (Å²) in [5.74, 6) is -1.89. The Morgan fingerprint density at radius 2 is 2.05 bits per heavy atom. The van der Waals surface area contributed by atoms with E-state index in [0.29, 0.717) is 4.47 Å². The van der Waals surface area contributed by atoms with Crippen LogP contribution in [-0.2, 0) is 0 Å². The number of hydrogen-bond acceptors (Lipinski definition) is 3. The largest absolute Gasteiger partial charge is 0.478 e. The van der Waals surface area contributed by atoms with Crippen LogP contribution < -0.4 is 4.74 Å². The molecule has 20 heavy (non-hydrogen) atoms. The molecule has 2 aromatic rings. The first-order valence-corrected chi connectivity index (χ1v) is 6.21. The standard InChI is InChI=1S/C14H7BrFNO3/c15-9-2-1-8(7-17)13(5-9)20-10-3-4-11(14(18)19)12(16)6-10/h1-6H,(H,18,19). The second-order valence-electron chi connectivity index (χ2n) is 3.80. The summed E-state index contributed by atoms with van der Waals surface area (Å²) in [7, 11) is 0. The lowest BCUT2D eigenvalue weighted by Crippen LogP contribution is -2.00. The highest BCUT2D eigenvalue weighted by atomic mass is 79.9. The Morgan fingerprint density at radius 3 is 2.65 bits per heavy atom. The van der Waals surface area contributed by atoms with Gasteiger partial charge >= 0.3 is 5.97 Å². The fraction of sp³-hybridized carbons (Fsp3) is 0. The lowest BCUT2D eigenvalue weighted by molar-refractivity contribution is 0.0692. The molecule has 0 unspecified atom stereocenters. The highest BCUT2D eigenvalue weighted by Crippen LogP contribution is 2.29. The van der Waals surface area contributed by atoms with Crippen LogP contribution in [0.4, 0.5) is 4.39 Å². The van der Waals surface area contributed by atoms with Crippen molar-refractivity contribution >= 4 is 21.9 Å². The molecule has 0 saturated heterocycles. The molecule has 0 amide bonds. The van der Waals surface area contributed by atoms with E-state index in [-0.39, 0.29) is 17.1 Å². The number of carbonyl (C=O) groups is 1. The minimum Gasteiger partial charge on any atom is -0.478 e. The summed E-state index contributed by atoms with van der Waals surface area (Å²) >= 11 is 3.24. The molecule has 0 spiro atoms. The van der Waals surface area contributed by atoms with Crippen LogP contribution in [0, 0.1) is 17.1 Å². The molecule has 0 bridgehead atoms. The molecular formula is C14H7BrFNO3. The molecule has 2 rings (SSSR count). The van der Waals surface area contributed by atoms with Gasteiger partial charge in [-0.2, -0.15) is 5.26 Å². The van der Waals surface area contributed by atoms with E-state index in [9.17, 15) is 9.18 Å². The van der Waals surface area contributed by atoms with Gasteiger partial charge < -0.3 is 9.84 Å². The van der Waals surface area contributed by atoms with Crippen molar-refractivity contribution in [1.82, 2.24) is 0 Å². The van der Waals surface area contributed by atoms with Crippen molar-refractivity contribution in [3.63, 3.8) is 0 Å². The van der Waals surface area contributed by atoms with Crippen molar-refractivity contribution in [1.29, 1.82) is 5.26 Å². The second kappa shape index (κ2) is 5.72. The van der Waals surface area contributed by atoms with Gasteiger partial charge in [0.05, 0.1) is 11.1 Å². The van der Waals surface area contributed by atoms with Crippen molar-refractivity contribution in [3.8, 4) is 17.6 Å². The zero-order valence-corrected chi connectivity index (χ0v) is 11.5. The number of carboxylic acid groups (broad SMARTS) is 1. The van der Waals surface area contributed by atoms with Crippen LogP contribution in [0.2, 0.25) is 0 Å². The first-order chi connectivity index (χ1) is 9.51. The third kappa shape index (κ3) is 2.95. The molecule has 0 saturated carbocycles. The van der Waals surface area contributed by atoms with Gasteiger partial charge in [-0.05, 0) is 30.3 Å². The lowest BCUT2D eigenvalue weighted by atomic mass is 10.2. The third-order valence-corrected chi connectivity index (χ3v) is 2.96. The molecule has 0 aliphatic carbocycles. The molecule has 0 aromatic heterocycles. The van der Waals surface area contributed by atoms with Gasteiger partial charge in [-0.1, -0.05) is 15.9 Å². The van der Waals surface area contributed by atoms with Gasteiger partial charge in [0.1, 0.15) is 23.4 Å². The Kier molecular flexibility index (Phi) is 4.01. The van der Waals surface area contributed by atoms with Crippen LogP contribution in [0.15, 0.2) is 40.9 Å². The summed E-state index contributed by atoms with van der Waals surface area (Å²) in [4.78, 5) is 10.7. The van der Waals surface area contributed by atoms with E-state index in [1.165, 1.54) is 6.07 Å². The van der Waals surface area contributed by atoms with Gasteiger partial charge in [-0.25, -0.2) is 9.18 Å². The molecule has 0 radical (unpaired) electrons. The minimum atomic E-state index is -1.35. The van der Waals surface area contributed by atoms with Crippen LogP contribution in [-0.4, -0.2) is 11.1 Å². The molecule has 6 heteroatoms. The monoisotopic (exact) mass is 335 g/mol. The molecule has 0 heterocycles. The normalized spacial score (nSPS) is 9.85. The Hall–Kier alpha value is -2.39. The first kappa shape index (κ1) is 14.0. The Morgan fingerprint density at radius 1 is 1.30 bits per heavy atom. The smallest absolute Gasteiger partial charge is 0.338 e. The fourth-order valence-corrected chi connectivity index (χ4v) is 1.87. The maximum Gasteiger partial charge on any atom is 0.338 e. The summed E-state index contributed by atoms with van der Waals surface area (Å²) < 4.78 is 19.6. The predicted octanol–water partition coefficient (Wildman–Crippen LogP) is 3.95. The summed E-state index contributed by atoms with van der Waals surface area (Å²) in [6.45, 7) is 0.